The molecule has 0 aliphatic carbocycles. The van der Waals surface area contributed by atoms with E-state index in [9.17, 15) is 0 Å². The van der Waals surface area contributed by atoms with Crippen molar-refractivity contribution in [2.45, 2.75) is 0 Å². The van der Waals surface area contributed by atoms with Crippen molar-refractivity contribution >= 4 is 21.6 Å². The third-order valence-corrected chi connectivity index (χ3v) is 4.01. The molecule has 0 radical (unpaired) electrons. The molecule has 2 aromatic heterocycles. The van der Waals surface area contributed by atoms with E-state index in [-0.39, 0.29) is 0 Å². The molecule has 0 bridgehead atoms. The topological polar surface area (TPSA) is 44.2 Å². The molecular weight excluding hydrogens is 260 g/mol. The number of ether oxygens (including phenoxy) is 2. The van der Waals surface area contributed by atoms with E-state index in [0.29, 0.717) is 5.88 Å². The van der Waals surface area contributed by atoms with E-state index in [4.69, 9.17) is 9.47 Å². The zero-order valence-electron chi connectivity index (χ0n) is 10.6. The highest BCUT2D eigenvalue weighted by molar-refractivity contribution is 7.22. The number of thiophene rings is 1. The minimum absolute atomic E-state index is 0.620. The standard InChI is InChI=1S/C14H12N2O2S/c1-17-10-5-3-9(4-6-10)12-7-11-13(19-12)14(18-2)16-8-15-11/h3-8H,1-2H3. The zero-order chi connectivity index (χ0) is 13.2. The van der Waals surface area contributed by atoms with Gasteiger partial charge < -0.3 is 9.47 Å². The first-order valence-electron chi connectivity index (χ1n) is 5.75. The van der Waals surface area contributed by atoms with E-state index < -0.39 is 0 Å². The molecule has 0 unspecified atom stereocenters. The van der Waals surface area contributed by atoms with Crippen molar-refractivity contribution in [3.63, 3.8) is 0 Å². The van der Waals surface area contributed by atoms with Gasteiger partial charge in [-0.2, -0.15) is 0 Å². The van der Waals surface area contributed by atoms with Crippen molar-refractivity contribution in [3.05, 3.63) is 36.7 Å². The second-order valence-electron chi connectivity index (χ2n) is 3.94. The van der Waals surface area contributed by atoms with Crippen LogP contribution in [0.2, 0.25) is 0 Å². The number of fused-ring (bicyclic) bond motifs is 1. The third-order valence-electron chi connectivity index (χ3n) is 2.85. The van der Waals surface area contributed by atoms with Crippen molar-refractivity contribution in [2.24, 2.45) is 0 Å². The minimum atomic E-state index is 0.620. The van der Waals surface area contributed by atoms with Gasteiger partial charge in [0.1, 0.15) is 16.8 Å². The summed E-state index contributed by atoms with van der Waals surface area (Å²) in [4.78, 5) is 9.52. The summed E-state index contributed by atoms with van der Waals surface area (Å²) in [5.74, 6) is 1.47. The Kier molecular flexibility index (Phi) is 3.05. The smallest absolute Gasteiger partial charge is 0.234 e. The Morgan fingerprint density at radius 2 is 1.79 bits per heavy atom. The van der Waals surface area contributed by atoms with Crippen LogP contribution in [0.1, 0.15) is 0 Å². The summed E-state index contributed by atoms with van der Waals surface area (Å²) < 4.78 is 11.4. The highest BCUT2D eigenvalue weighted by Crippen LogP contribution is 2.36. The summed E-state index contributed by atoms with van der Waals surface area (Å²) in [7, 11) is 3.28. The van der Waals surface area contributed by atoms with Crippen molar-refractivity contribution in [1.82, 2.24) is 9.97 Å². The molecule has 0 atom stereocenters. The Balaban J connectivity index is 2.09. The van der Waals surface area contributed by atoms with Crippen molar-refractivity contribution in [3.8, 4) is 22.1 Å². The van der Waals surface area contributed by atoms with Gasteiger partial charge in [-0.3, -0.25) is 0 Å². The van der Waals surface area contributed by atoms with Gasteiger partial charge in [0.15, 0.2) is 0 Å². The summed E-state index contributed by atoms with van der Waals surface area (Å²) in [5.41, 5.74) is 2.04. The van der Waals surface area contributed by atoms with Gasteiger partial charge in [-0.15, -0.1) is 11.3 Å². The fourth-order valence-electron chi connectivity index (χ4n) is 1.88. The highest BCUT2D eigenvalue weighted by atomic mass is 32.1. The van der Waals surface area contributed by atoms with Crippen molar-refractivity contribution < 1.29 is 9.47 Å². The van der Waals surface area contributed by atoms with Gasteiger partial charge in [-0.1, -0.05) is 0 Å². The summed E-state index contributed by atoms with van der Waals surface area (Å²) in [6.45, 7) is 0. The summed E-state index contributed by atoms with van der Waals surface area (Å²) >= 11 is 1.62. The molecular formula is C14H12N2O2S. The van der Waals surface area contributed by atoms with Gasteiger partial charge >= 0.3 is 0 Å². The molecule has 1 aromatic carbocycles. The van der Waals surface area contributed by atoms with E-state index in [0.717, 1.165) is 26.4 Å². The van der Waals surface area contributed by atoms with Gasteiger partial charge in [0.05, 0.1) is 19.7 Å². The van der Waals surface area contributed by atoms with Gasteiger partial charge in [-0.05, 0) is 35.9 Å². The minimum Gasteiger partial charge on any atom is -0.497 e. The Bertz CT molecular complexity index is 707. The quantitative estimate of drug-likeness (QED) is 0.733. The fourth-order valence-corrected chi connectivity index (χ4v) is 2.96. The predicted molar refractivity (Wildman–Crippen MR) is 76.0 cm³/mol. The molecule has 5 heteroatoms. The summed E-state index contributed by atoms with van der Waals surface area (Å²) in [6, 6.07) is 10.0. The predicted octanol–water partition coefficient (Wildman–Crippen LogP) is 3.38. The largest absolute Gasteiger partial charge is 0.497 e. The molecule has 0 saturated heterocycles. The Morgan fingerprint density at radius 1 is 1.00 bits per heavy atom. The molecule has 3 rings (SSSR count). The number of hydrogen-bond donors (Lipinski definition) is 0. The van der Waals surface area contributed by atoms with Gasteiger partial charge in [0.2, 0.25) is 5.88 Å². The molecule has 0 amide bonds. The number of aromatic nitrogens is 2. The van der Waals surface area contributed by atoms with Gasteiger partial charge in [0.25, 0.3) is 0 Å². The van der Waals surface area contributed by atoms with E-state index in [1.54, 1.807) is 25.6 Å². The Morgan fingerprint density at radius 3 is 2.47 bits per heavy atom. The molecule has 0 N–H and O–H groups in total. The number of benzene rings is 1. The number of nitrogens with zero attached hydrogens (tertiary/aromatic N) is 2. The maximum absolute atomic E-state index is 5.25. The van der Waals surface area contributed by atoms with E-state index >= 15 is 0 Å². The van der Waals surface area contributed by atoms with Crippen LogP contribution < -0.4 is 9.47 Å². The average molecular weight is 272 g/mol. The third kappa shape index (κ3) is 2.13. The van der Waals surface area contributed by atoms with Crippen LogP contribution >= 0.6 is 11.3 Å². The zero-order valence-corrected chi connectivity index (χ0v) is 11.4. The molecule has 0 spiro atoms. The molecule has 19 heavy (non-hydrogen) atoms. The maximum atomic E-state index is 5.25. The summed E-state index contributed by atoms with van der Waals surface area (Å²) in [5, 5.41) is 0. The first-order chi connectivity index (χ1) is 9.31. The molecule has 0 aliphatic heterocycles. The lowest BCUT2D eigenvalue weighted by Gasteiger charge is -2.00. The van der Waals surface area contributed by atoms with Crippen LogP contribution in [-0.2, 0) is 0 Å². The molecule has 0 aliphatic rings. The Labute approximate surface area is 114 Å². The van der Waals surface area contributed by atoms with Gasteiger partial charge in [-0.25, -0.2) is 9.97 Å². The maximum Gasteiger partial charge on any atom is 0.234 e. The Hall–Kier alpha value is -2.14. The fraction of sp³-hybridized carbons (Fsp3) is 0.143. The number of methoxy groups -OCH3 is 2. The molecule has 0 saturated carbocycles. The molecule has 96 valence electrons. The molecule has 2 heterocycles. The van der Waals surface area contributed by atoms with Crippen LogP contribution in [0.5, 0.6) is 11.6 Å². The molecule has 3 aromatic rings. The van der Waals surface area contributed by atoms with Crippen LogP contribution in [0.25, 0.3) is 20.7 Å². The molecule has 4 nitrogen and oxygen atoms in total. The lowest BCUT2D eigenvalue weighted by molar-refractivity contribution is 0.403. The first kappa shape index (κ1) is 11.9. The van der Waals surface area contributed by atoms with Crippen molar-refractivity contribution in [2.75, 3.05) is 14.2 Å². The van der Waals surface area contributed by atoms with Gasteiger partial charge in [0, 0.05) is 4.88 Å². The van der Waals surface area contributed by atoms with E-state index in [2.05, 4.69) is 9.97 Å². The van der Waals surface area contributed by atoms with Crippen LogP contribution in [0.15, 0.2) is 36.7 Å². The van der Waals surface area contributed by atoms with Crippen LogP contribution in [-0.4, -0.2) is 24.2 Å². The lowest BCUT2D eigenvalue weighted by Crippen LogP contribution is -1.87. The van der Waals surface area contributed by atoms with Crippen LogP contribution in [0, 0.1) is 0 Å². The average Bonchev–Trinajstić information content (AvgIpc) is 2.91. The van der Waals surface area contributed by atoms with E-state index in [1.807, 2.05) is 30.3 Å². The number of hydrogen-bond acceptors (Lipinski definition) is 5. The molecule has 0 fully saturated rings. The normalized spacial score (nSPS) is 10.6. The SMILES string of the molecule is COc1ccc(-c2cc3ncnc(OC)c3s2)cc1. The number of rotatable bonds is 3. The highest BCUT2D eigenvalue weighted by Gasteiger charge is 2.10. The van der Waals surface area contributed by atoms with Crippen molar-refractivity contribution in [1.29, 1.82) is 0 Å². The second kappa shape index (κ2) is 4.85. The lowest BCUT2D eigenvalue weighted by atomic mass is 10.2. The second-order valence-corrected chi connectivity index (χ2v) is 4.99. The monoisotopic (exact) mass is 272 g/mol. The summed E-state index contributed by atoms with van der Waals surface area (Å²) in [6.07, 6.45) is 1.52. The van der Waals surface area contributed by atoms with E-state index in [1.165, 1.54) is 6.33 Å². The first-order valence-corrected chi connectivity index (χ1v) is 6.56. The van der Waals surface area contributed by atoms with Crippen LogP contribution in [0.4, 0.5) is 0 Å². The van der Waals surface area contributed by atoms with Crippen LogP contribution in [0.3, 0.4) is 0 Å².